The van der Waals surface area contributed by atoms with Crippen LogP contribution in [-0.4, -0.2) is 23.4 Å². The van der Waals surface area contributed by atoms with Gasteiger partial charge in [0.1, 0.15) is 5.82 Å². The smallest absolute Gasteiger partial charge is 0.265 e. The predicted molar refractivity (Wildman–Crippen MR) is 76.4 cm³/mol. The lowest BCUT2D eigenvalue weighted by Gasteiger charge is -2.27. The van der Waals surface area contributed by atoms with Gasteiger partial charge >= 0.3 is 0 Å². The molecule has 1 heterocycles. The molecule has 1 amide bonds. The first kappa shape index (κ1) is 14.9. The van der Waals surface area contributed by atoms with E-state index in [1.165, 1.54) is 25.0 Å². The summed E-state index contributed by atoms with van der Waals surface area (Å²) in [5, 5.41) is 0. The number of rotatable bonds is 3. The van der Waals surface area contributed by atoms with Crippen molar-refractivity contribution < 1.29 is 9.18 Å². The van der Waals surface area contributed by atoms with E-state index >= 15 is 0 Å². The van der Waals surface area contributed by atoms with Crippen molar-refractivity contribution in [1.29, 1.82) is 0 Å². The second-order valence-electron chi connectivity index (χ2n) is 5.45. The third-order valence-corrected chi connectivity index (χ3v) is 4.00. The van der Waals surface area contributed by atoms with Crippen molar-refractivity contribution in [2.45, 2.75) is 45.2 Å². The zero-order valence-electron chi connectivity index (χ0n) is 11.9. The van der Waals surface area contributed by atoms with Gasteiger partial charge in [0.25, 0.3) is 5.91 Å². The van der Waals surface area contributed by atoms with E-state index in [-0.39, 0.29) is 5.82 Å². The number of hydrazine groups is 1. The molecule has 20 heavy (non-hydrogen) atoms. The lowest BCUT2D eigenvalue weighted by Crippen LogP contribution is -2.33. The second-order valence-corrected chi connectivity index (χ2v) is 5.45. The number of nitrogens with one attached hydrogen (secondary N) is 1. The number of halogens is 1. The van der Waals surface area contributed by atoms with E-state index in [9.17, 15) is 9.18 Å². The molecule has 1 aliphatic rings. The third kappa shape index (κ3) is 3.55. The number of likely N-dealkylation sites (tertiary alicyclic amines) is 1. The standard InChI is InChI=1S/C15H22FN3O/c1-11-5-3-2-4-8-19(11)10-13-9-12(15(20)18-17)6-7-14(13)16/h6-7,9,11H,2-5,8,10,17H2,1H3,(H,18,20). The summed E-state index contributed by atoms with van der Waals surface area (Å²) in [6, 6.07) is 4.83. The highest BCUT2D eigenvalue weighted by molar-refractivity contribution is 5.93. The van der Waals surface area contributed by atoms with E-state index in [4.69, 9.17) is 5.84 Å². The largest absolute Gasteiger partial charge is 0.296 e. The van der Waals surface area contributed by atoms with Crippen LogP contribution in [0.4, 0.5) is 4.39 Å². The number of nitrogens with two attached hydrogens (primary N) is 1. The van der Waals surface area contributed by atoms with Gasteiger partial charge < -0.3 is 0 Å². The topological polar surface area (TPSA) is 58.4 Å². The van der Waals surface area contributed by atoms with Crippen LogP contribution in [0, 0.1) is 5.82 Å². The molecule has 0 bridgehead atoms. The summed E-state index contributed by atoms with van der Waals surface area (Å²) in [5.74, 6) is 4.45. The SMILES string of the molecule is CC1CCCCCN1Cc1cc(C(=O)NN)ccc1F. The Balaban J connectivity index is 2.16. The molecule has 2 rings (SSSR count). The Hall–Kier alpha value is -1.46. The van der Waals surface area contributed by atoms with Gasteiger partial charge in [-0.1, -0.05) is 12.8 Å². The van der Waals surface area contributed by atoms with Crippen LogP contribution in [0.15, 0.2) is 18.2 Å². The predicted octanol–water partition coefficient (Wildman–Crippen LogP) is 2.19. The van der Waals surface area contributed by atoms with Gasteiger partial charge in [-0.15, -0.1) is 0 Å². The minimum absolute atomic E-state index is 0.269. The molecule has 5 heteroatoms. The fourth-order valence-corrected chi connectivity index (χ4v) is 2.71. The van der Waals surface area contributed by atoms with Crippen LogP contribution in [0.5, 0.6) is 0 Å². The van der Waals surface area contributed by atoms with E-state index in [0.717, 1.165) is 19.4 Å². The lowest BCUT2D eigenvalue weighted by molar-refractivity contribution is 0.0953. The van der Waals surface area contributed by atoms with Crippen LogP contribution in [0.3, 0.4) is 0 Å². The monoisotopic (exact) mass is 279 g/mol. The van der Waals surface area contributed by atoms with Gasteiger partial charge in [-0.05, 0) is 44.5 Å². The van der Waals surface area contributed by atoms with E-state index < -0.39 is 5.91 Å². The molecular formula is C15H22FN3O. The van der Waals surface area contributed by atoms with Crippen LogP contribution in [0.1, 0.15) is 48.5 Å². The first-order valence-electron chi connectivity index (χ1n) is 7.15. The van der Waals surface area contributed by atoms with Crippen LogP contribution in [0.25, 0.3) is 0 Å². The summed E-state index contributed by atoms with van der Waals surface area (Å²) in [6.45, 7) is 3.70. The first-order valence-corrected chi connectivity index (χ1v) is 7.15. The molecule has 0 spiro atoms. The molecule has 1 fully saturated rings. The normalized spacial score (nSPS) is 20.4. The van der Waals surface area contributed by atoms with Crippen molar-refractivity contribution in [3.63, 3.8) is 0 Å². The molecule has 1 aromatic carbocycles. The maximum absolute atomic E-state index is 13.9. The molecule has 0 aliphatic carbocycles. The van der Waals surface area contributed by atoms with Gasteiger partial charge in [0.15, 0.2) is 0 Å². The zero-order chi connectivity index (χ0) is 14.5. The summed E-state index contributed by atoms with van der Waals surface area (Å²) in [6.07, 6.45) is 4.76. The average Bonchev–Trinajstić information content (AvgIpc) is 2.65. The number of nitrogen functional groups attached to an aromatic ring is 1. The van der Waals surface area contributed by atoms with Crippen molar-refractivity contribution in [1.82, 2.24) is 10.3 Å². The van der Waals surface area contributed by atoms with Gasteiger partial charge in [0.2, 0.25) is 0 Å². The Labute approximate surface area is 119 Å². The van der Waals surface area contributed by atoms with E-state index in [0.29, 0.717) is 23.7 Å². The van der Waals surface area contributed by atoms with E-state index in [1.807, 2.05) is 0 Å². The maximum atomic E-state index is 13.9. The van der Waals surface area contributed by atoms with Crippen molar-refractivity contribution in [3.8, 4) is 0 Å². The summed E-state index contributed by atoms with van der Waals surface area (Å²) >= 11 is 0. The van der Waals surface area contributed by atoms with Crippen LogP contribution in [-0.2, 0) is 6.54 Å². The molecule has 0 radical (unpaired) electrons. The van der Waals surface area contributed by atoms with Gasteiger partial charge in [-0.2, -0.15) is 0 Å². The Bertz CT molecular complexity index is 478. The fraction of sp³-hybridized carbons (Fsp3) is 0.533. The van der Waals surface area contributed by atoms with Gasteiger partial charge in [-0.3, -0.25) is 15.1 Å². The molecule has 1 saturated heterocycles. The molecule has 0 saturated carbocycles. The Kier molecular flexibility index (Phi) is 5.09. The number of carbonyl (C=O) groups excluding carboxylic acids is 1. The van der Waals surface area contributed by atoms with Gasteiger partial charge in [0.05, 0.1) is 0 Å². The molecule has 1 aromatic rings. The average molecular weight is 279 g/mol. The number of carbonyl (C=O) groups is 1. The molecule has 1 atom stereocenters. The zero-order valence-corrected chi connectivity index (χ0v) is 11.9. The molecule has 3 N–H and O–H groups in total. The van der Waals surface area contributed by atoms with Gasteiger partial charge in [0, 0.05) is 23.7 Å². The molecule has 0 aromatic heterocycles. The summed E-state index contributed by atoms with van der Waals surface area (Å²) in [4.78, 5) is 13.8. The molecule has 4 nitrogen and oxygen atoms in total. The maximum Gasteiger partial charge on any atom is 0.265 e. The highest BCUT2D eigenvalue weighted by atomic mass is 19.1. The number of nitrogens with zero attached hydrogens (tertiary/aromatic N) is 1. The fourth-order valence-electron chi connectivity index (χ4n) is 2.71. The Morgan fingerprint density at radius 2 is 2.25 bits per heavy atom. The lowest BCUT2D eigenvalue weighted by atomic mass is 10.1. The van der Waals surface area contributed by atoms with Crippen molar-refractivity contribution in [3.05, 3.63) is 35.1 Å². The number of hydrogen-bond donors (Lipinski definition) is 2. The van der Waals surface area contributed by atoms with Crippen LogP contribution >= 0.6 is 0 Å². The third-order valence-electron chi connectivity index (χ3n) is 4.00. The Morgan fingerprint density at radius 3 is 3.00 bits per heavy atom. The van der Waals surface area contributed by atoms with Crippen LogP contribution < -0.4 is 11.3 Å². The van der Waals surface area contributed by atoms with E-state index in [2.05, 4.69) is 17.2 Å². The molecule has 1 aliphatic heterocycles. The summed E-state index contributed by atoms with van der Waals surface area (Å²) in [7, 11) is 0. The minimum atomic E-state index is -0.393. The first-order chi connectivity index (χ1) is 9.61. The summed E-state index contributed by atoms with van der Waals surface area (Å²) < 4.78 is 13.9. The molecule has 1 unspecified atom stereocenters. The second kappa shape index (κ2) is 6.81. The van der Waals surface area contributed by atoms with Gasteiger partial charge in [-0.25, -0.2) is 10.2 Å². The number of benzene rings is 1. The number of hydrogen-bond acceptors (Lipinski definition) is 3. The summed E-state index contributed by atoms with van der Waals surface area (Å²) in [5.41, 5.74) is 3.03. The quantitative estimate of drug-likeness (QED) is 0.506. The molecular weight excluding hydrogens is 257 g/mol. The Morgan fingerprint density at radius 1 is 1.45 bits per heavy atom. The highest BCUT2D eigenvalue weighted by Gasteiger charge is 2.19. The van der Waals surface area contributed by atoms with Crippen molar-refractivity contribution in [2.75, 3.05) is 6.54 Å². The van der Waals surface area contributed by atoms with E-state index in [1.54, 1.807) is 6.07 Å². The van der Waals surface area contributed by atoms with Crippen molar-refractivity contribution >= 4 is 5.91 Å². The highest BCUT2D eigenvalue weighted by Crippen LogP contribution is 2.20. The number of amides is 1. The minimum Gasteiger partial charge on any atom is -0.296 e. The van der Waals surface area contributed by atoms with Crippen molar-refractivity contribution in [2.24, 2.45) is 5.84 Å². The molecule has 110 valence electrons. The van der Waals surface area contributed by atoms with Crippen LogP contribution in [0.2, 0.25) is 0 Å².